The van der Waals surface area contributed by atoms with Crippen LogP contribution < -0.4 is 10.1 Å². The van der Waals surface area contributed by atoms with Crippen LogP contribution in [0.1, 0.15) is 35.7 Å². The lowest BCUT2D eigenvalue weighted by molar-refractivity contribution is -0.118. The van der Waals surface area contributed by atoms with Crippen molar-refractivity contribution in [2.24, 2.45) is 0 Å². The van der Waals surface area contributed by atoms with Crippen LogP contribution in [0.3, 0.4) is 0 Å². The quantitative estimate of drug-likeness (QED) is 0.359. The van der Waals surface area contributed by atoms with E-state index in [0.29, 0.717) is 27.9 Å². The Hall–Kier alpha value is -2.57. The van der Waals surface area contributed by atoms with Crippen molar-refractivity contribution in [1.29, 1.82) is 0 Å². The molecule has 1 amide bonds. The van der Waals surface area contributed by atoms with Crippen molar-refractivity contribution < 1.29 is 19.1 Å². The lowest BCUT2D eigenvalue weighted by Gasteiger charge is -2.10. The Balaban J connectivity index is 1.75. The van der Waals surface area contributed by atoms with Crippen LogP contribution >= 0.6 is 22.9 Å². The molecule has 0 aliphatic carbocycles. The second-order valence-electron chi connectivity index (χ2n) is 6.54. The van der Waals surface area contributed by atoms with Gasteiger partial charge in [-0.1, -0.05) is 43.1 Å². The molecule has 0 aliphatic rings. The summed E-state index contributed by atoms with van der Waals surface area (Å²) in [5.41, 5.74) is 1.23. The van der Waals surface area contributed by atoms with Crippen molar-refractivity contribution in [1.82, 2.24) is 0 Å². The van der Waals surface area contributed by atoms with Crippen LogP contribution in [0.2, 0.25) is 5.02 Å². The zero-order valence-electron chi connectivity index (χ0n) is 16.3. The Bertz CT molecular complexity index is 1030. The molecule has 0 spiro atoms. The summed E-state index contributed by atoms with van der Waals surface area (Å²) in [6.07, 6.45) is 1.73. The standard InChI is InChI=1S/C22H22ClNO4S/c1-3-4-11-27-22(26)20-16-7-5-6-8-18(16)29-21(20)24-19(25)13-28-17-10-9-15(23)12-14(17)2/h5-10,12H,3-4,11,13H2,1-2H3,(H,24,25). The molecule has 1 aromatic heterocycles. The molecule has 2 aromatic carbocycles. The van der Waals surface area contributed by atoms with Crippen LogP contribution in [0.25, 0.3) is 10.1 Å². The average Bonchev–Trinajstić information content (AvgIpc) is 3.05. The molecule has 3 rings (SSSR count). The summed E-state index contributed by atoms with van der Waals surface area (Å²) in [5.74, 6) is -0.200. The highest BCUT2D eigenvalue weighted by molar-refractivity contribution is 7.23. The van der Waals surface area contributed by atoms with Crippen molar-refractivity contribution in [2.75, 3.05) is 18.5 Å². The van der Waals surface area contributed by atoms with Gasteiger partial charge in [0.05, 0.1) is 6.61 Å². The number of fused-ring (bicyclic) bond motifs is 1. The highest BCUT2D eigenvalue weighted by Gasteiger charge is 2.22. The first-order chi connectivity index (χ1) is 14.0. The smallest absolute Gasteiger partial charge is 0.341 e. The summed E-state index contributed by atoms with van der Waals surface area (Å²) >= 11 is 7.28. The second-order valence-corrected chi connectivity index (χ2v) is 8.03. The third kappa shape index (κ3) is 5.28. The predicted molar refractivity (Wildman–Crippen MR) is 117 cm³/mol. The average molecular weight is 432 g/mol. The van der Waals surface area contributed by atoms with Gasteiger partial charge in [0.15, 0.2) is 6.61 Å². The number of benzene rings is 2. The van der Waals surface area contributed by atoms with Gasteiger partial charge in [-0.15, -0.1) is 11.3 Å². The molecule has 0 saturated carbocycles. The summed E-state index contributed by atoms with van der Waals surface area (Å²) < 4.78 is 11.9. The van der Waals surface area contributed by atoms with E-state index < -0.39 is 5.97 Å². The lowest BCUT2D eigenvalue weighted by Crippen LogP contribution is -2.21. The van der Waals surface area contributed by atoms with Gasteiger partial charge in [0.1, 0.15) is 16.3 Å². The molecule has 3 aromatic rings. The van der Waals surface area contributed by atoms with Crippen molar-refractivity contribution >= 4 is 49.9 Å². The van der Waals surface area contributed by atoms with E-state index in [0.717, 1.165) is 28.5 Å². The number of thiophene rings is 1. The third-order valence-electron chi connectivity index (χ3n) is 4.28. The van der Waals surface area contributed by atoms with E-state index in [4.69, 9.17) is 21.1 Å². The van der Waals surface area contributed by atoms with Crippen molar-refractivity contribution in [3.63, 3.8) is 0 Å². The number of nitrogens with one attached hydrogen (secondary N) is 1. The second kappa shape index (κ2) is 9.76. The molecule has 152 valence electrons. The molecule has 0 fully saturated rings. The summed E-state index contributed by atoms with van der Waals surface area (Å²) in [5, 5.41) is 4.64. The normalized spacial score (nSPS) is 10.7. The van der Waals surface area contributed by atoms with Crippen LogP contribution in [0.15, 0.2) is 42.5 Å². The van der Waals surface area contributed by atoms with Gasteiger partial charge < -0.3 is 14.8 Å². The van der Waals surface area contributed by atoms with Crippen molar-refractivity contribution in [3.05, 3.63) is 58.6 Å². The molecular formula is C22H22ClNO4S. The minimum Gasteiger partial charge on any atom is -0.483 e. The third-order valence-corrected chi connectivity index (χ3v) is 5.60. The van der Waals surface area contributed by atoms with Gasteiger partial charge in [-0.2, -0.15) is 0 Å². The Kier molecular flexibility index (Phi) is 7.12. The summed E-state index contributed by atoms with van der Waals surface area (Å²) in [6, 6.07) is 12.7. The number of carbonyl (C=O) groups is 2. The van der Waals surface area contributed by atoms with E-state index in [9.17, 15) is 9.59 Å². The number of hydrogen-bond donors (Lipinski definition) is 1. The maximum Gasteiger partial charge on any atom is 0.341 e. The minimum atomic E-state index is -0.430. The van der Waals surface area contributed by atoms with Gasteiger partial charge >= 0.3 is 5.97 Å². The summed E-state index contributed by atoms with van der Waals surface area (Å²) in [6.45, 7) is 4.06. The van der Waals surface area contributed by atoms with Crippen LogP contribution in [0, 0.1) is 6.92 Å². The number of unbranched alkanes of at least 4 members (excludes halogenated alkanes) is 1. The first-order valence-corrected chi connectivity index (χ1v) is 10.6. The predicted octanol–water partition coefficient (Wildman–Crippen LogP) is 5.84. The SMILES string of the molecule is CCCCOC(=O)c1c(NC(=O)COc2ccc(Cl)cc2C)sc2ccccc12. The van der Waals surface area contributed by atoms with E-state index in [1.807, 2.05) is 38.1 Å². The zero-order valence-corrected chi connectivity index (χ0v) is 17.9. The van der Waals surface area contributed by atoms with Crippen LogP contribution in [-0.4, -0.2) is 25.1 Å². The van der Waals surface area contributed by atoms with E-state index in [-0.39, 0.29) is 12.5 Å². The molecule has 0 atom stereocenters. The fourth-order valence-corrected chi connectivity index (χ4v) is 4.13. The minimum absolute atomic E-state index is 0.180. The number of aryl methyl sites for hydroxylation is 1. The van der Waals surface area contributed by atoms with E-state index >= 15 is 0 Å². The van der Waals surface area contributed by atoms with Crippen LogP contribution in [0.4, 0.5) is 5.00 Å². The van der Waals surface area contributed by atoms with Crippen molar-refractivity contribution in [2.45, 2.75) is 26.7 Å². The Morgan fingerprint density at radius 3 is 2.72 bits per heavy atom. The first-order valence-electron chi connectivity index (χ1n) is 9.37. The molecule has 0 bridgehead atoms. The largest absolute Gasteiger partial charge is 0.483 e. The maximum atomic E-state index is 12.6. The molecule has 29 heavy (non-hydrogen) atoms. The fraction of sp³-hybridized carbons (Fsp3) is 0.273. The highest BCUT2D eigenvalue weighted by atomic mass is 35.5. The number of carbonyl (C=O) groups excluding carboxylic acids is 2. The number of halogens is 1. The number of hydrogen-bond acceptors (Lipinski definition) is 5. The van der Waals surface area contributed by atoms with Gasteiger partial charge in [0, 0.05) is 15.1 Å². The molecule has 0 unspecified atom stereocenters. The summed E-state index contributed by atoms with van der Waals surface area (Å²) in [4.78, 5) is 25.1. The molecule has 0 aliphatic heterocycles. The van der Waals surface area contributed by atoms with Crippen molar-refractivity contribution in [3.8, 4) is 5.75 Å². The Morgan fingerprint density at radius 2 is 1.97 bits per heavy atom. The van der Waals surface area contributed by atoms with E-state index in [1.54, 1.807) is 18.2 Å². The zero-order chi connectivity index (χ0) is 20.8. The molecule has 5 nitrogen and oxygen atoms in total. The maximum absolute atomic E-state index is 12.6. The van der Waals surface area contributed by atoms with Crippen LogP contribution in [-0.2, 0) is 9.53 Å². The molecule has 1 heterocycles. The molecular weight excluding hydrogens is 410 g/mol. The van der Waals surface area contributed by atoms with Gasteiger partial charge in [0.2, 0.25) is 0 Å². The van der Waals surface area contributed by atoms with Gasteiger partial charge in [-0.3, -0.25) is 4.79 Å². The monoisotopic (exact) mass is 431 g/mol. The number of ether oxygens (including phenoxy) is 2. The number of rotatable bonds is 8. The Morgan fingerprint density at radius 1 is 1.17 bits per heavy atom. The molecule has 0 radical (unpaired) electrons. The van der Waals surface area contributed by atoms with Gasteiger partial charge in [-0.05, 0) is 43.2 Å². The van der Waals surface area contributed by atoms with Gasteiger partial charge in [-0.25, -0.2) is 4.79 Å². The molecule has 7 heteroatoms. The number of anilines is 1. The van der Waals surface area contributed by atoms with Crippen LogP contribution in [0.5, 0.6) is 5.75 Å². The van der Waals surface area contributed by atoms with E-state index in [2.05, 4.69) is 5.32 Å². The van der Waals surface area contributed by atoms with Gasteiger partial charge in [0.25, 0.3) is 5.91 Å². The Labute approximate surface area is 178 Å². The first kappa shape index (κ1) is 21.1. The van der Waals surface area contributed by atoms with E-state index in [1.165, 1.54) is 11.3 Å². The molecule has 1 N–H and O–H groups in total. The highest BCUT2D eigenvalue weighted by Crippen LogP contribution is 2.36. The fourth-order valence-electron chi connectivity index (χ4n) is 2.80. The number of esters is 1. The number of amides is 1. The topological polar surface area (TPSA) is 64.6 Å². The lowest BCUT2D eigenvalue weighted by atomic mass is 10.1. The summed E-state index contributed by atoms with van der Waals surface area (Å²) in [7, 11) is 0. The molecule has 0 saturated heterocycles.